The first-order chi connectivity index (χ1) is 6.97. The highest BCUT2D eigenvalue weighted by Gasteiger charge is 2.33. The third-order valence-electron chi connectivity index (χ3n) is 2.76. The quantitative estimate of drug-likeness (QED) is 0.806. The molecule has 0 unspecified atom stereocenters. The van der Waals surface area contributed by atoms with E-state index in [2.05, 4.69) is 0 Å². The van der Waals surface area contributed by atoms with Crippen molar-refractivity contribution in [2.24, 2.45) is 11.7 Å². The van der Waals surface area contributed by atoms with Gasteiger partial charge in [0.1, 0.15) is 0 Å². The number of benzene rings is 1. The smallest absolute Gasteiger partial charge is 0.327 e. The standard InChI is InChI=1S/C11H12F3N/c12-11(13,14)9-3-1-7(2-4-9)5-8-6-10(8)15/h1-4,8,10H,5-6,15H2/t8-,10-/m1/s1. The van der Waals surface area contributed by atoms with Crippen molar-refractivity contribution in [1.82, 2.24) is 0 Å². The molecule has 0 bridgehead atoms. The van der Waals surface area contributed by atoms with Crippen molar-refractivity contribution < 1.29 is 13.2 Å². The molecule has 0 heterocycles. The zero-order chi connectivity index (χ0) is 11.1. The topological polar surface area (TPSA) is 26.0 Å². The molecule has 2 N–H and O–H groups in total. The lowest BCUT2D eigenvalue weighted by molar-refractivity contribution is -0.137. The Balaban J connectivity index is 2.04. The van der Waals surface area contributed by atoms with E-state index in [0.717, 1.165) is 30.5 Å². The molecule has 0 spiro atoms. The first-order valence-electron chi connectivity index (χ1n) is 4.88. The molecule has 1 fully saturated rings. The van der Waals surface area contributed by atoms with E-state index in [1.807, 2.05) is 0 Å². The van der Waals surface area contributed by atoms with Crippen molar-refractivity contribution in [2.45, 2.75) is 25.1 Å². The van der Waals surface area contributed by atoms with Crippen LogP contribution in [-0.2, 0) is 12.6 Å². The Morgan fingerprint density at radius 1 is 1.20 bits per heavy atom. The van der Waals surface area contributed by atoms with Gasteiger partial charge in [-0.2, -0.15) is 13.2 Å². The second-order valence-corrected chi connectivity index (χ2v) is 4.06. The number of halogens is 3. The van der Waals surface area contributed by atoms with Crippen molar-refractivity contribution in [3.05, 3.63) is 35.4 Å². The largest absolute Gasteiger partial charge is 0.416 e. The van der Waals surface area contributed by atoms with Gasteiger partial charge in [-0.05, 0) is 36.5 Å². The fourth-order valence-corrected chi connectivity index (χ4v) is 1.64. The third-order valence-corrected chi connectivity index (χ3v) is 2.76. The van der Waals surface area contributed by atoms with Crippen LogP contribution in [0.5, 0.6) is 0 Å². The van der Waals surface area contributed by atoms with Gasteiger partial charge in [0.25, 0.3) is 0 Å². The van der Waals surface area contributed by atoms with Crippen molar-refractivity contribution in [3.63, 3.8) is 0 Å². The van der Waals surface area contributed by atoms with E-state index in [-0.39, 0.29) is 6.04 Å². The van der Waals surface area contributed by atoms with Crippen molar-refractivity contribution in [2.75, 3.05) is 0 Å². The summed E-state index contributed by atoms with van der Waals surface area (Å²) in [5.74, 6) is 0.460. The molecule has 15 heavy (non-hydrogen) atoms. The van der Waals surface area contributed by atoms with Gasteiger partial charge in [-0.1, -0.05) is 12.1 Å². The van der Waals surface area contributed by atoms with Gasteiger partial charge in [0.05, 0.1) is 5.56 Å². The first kappa shape index (κ1) is 10.5. The lowest BCUT2D eigenvalue weighted by Gasteiger charge is -2.07. The molecule has 0 aromatic heterocycles. The van der Waals surface area contributed by atoms with Crippen LogP contribution < -0.4 is 5.73 Å². The van der Waals surface area contributed by atoms with Gasteiger partial charge in [0, 0.05) is 6.04 Å². The van der Waals surface area contributed by atoms with Gasteiger partial charge >= 0.3 is 6.18 Å². The van der Waals surface area contributed by atoms with Crippen LogP contribution in [0.1, 0.15) is 17.5 Å². The molecule has 0 saturated heterocycles. The molecule has 1 aromatic carbocycles. The minimum Gasteiger partial charge on any atom is -0.327 e. The highest BCUT2D eigenvalue weighted by molar-refractivity contribution is 5.25. The average Bonchev–Trinajstić information content (AvgIpc) is 2.81. The van der Waals surface area contributed by atoms with E-state index < -0.39 is 11.7 Å². The minimum atomic E-state index is -4.24. The zero-order valence-corrected chi connectivity index (χ0v) is 8.09. The Bertz CT molecular complexity index is 342. The van der Waals surface area contributed by atoms with Crippen molar-refractivity contribution in [3.8, 4) is 0 Å². The summed E-state index contributed by atoms with van der Waals surface area (Å²) in [6.45, 7) is 0. The van der Waals surface area contributed by atoms with E-state index in [1.54, 1.807) is 0 Å². The van der Waals surface area contributed by atoms with Crippen LogP contribution >= 0.6 is 0 Å². The van der Waals surface area contributed by atoms with Crippen LogP contribution in [0.4, 0.5) is 13.2 Å². The Labute approximate surface area is 86.1 Å². The van der Waals surface area contributed by atoms with Gasteiger partial charge in [0.15, 0.2) is 0 Å². The summed E-state index contributed by atoms with van der Waals surface area (Å²) < 4.78 is 36.7. The second kappa shape index (κ2) is 3.52. The second-order valence-electron chi connectivity index (χ2n) is 4.06. The fourth-order valence-electron chi connectivity index (χ4n) is 1.64. The molecule has 0 aliphatic heterocycles. The summed E-state index contributed by atoms with van der Waals surface area (Å²) >= 11 is 0. The lowest BCUT2D eigenvalue weighted by atomic mass is 10.1. The monoisotopic (exact) mass is 215 g/mol. The van der Waals surface area contributed by atoms with E-state index in [9.17, 15) is 13.2 Å². The molecule has 1 aliphatic rings. The van der Waals surface area contributed by atoms with Crippen molar-refractivity contribution >= 4 is 0 Å². The van der Waals surface area contributed by atoms with Crippen LogP contribution in [0.3, 0.4) is 0 Å². The van der Waals surface area contributed by atoms with Crippen LogP contribution in [0.2, 0.25) is 0 Å². The van der Waals surface area contributed by atoms with Crippen LogP contribution in [0.25, 0.3) is 0 Å². The normalized spacial score (nSPS) is 25.3. The minimum absolute atomic E-state index is 0.243. The van der Waals surface area contributed by atoms with Crippen molar-refractivity contribution in [1.29, 1.82) is 0 Å². The molecule has 4 heteroatoms. The van der Waals surface area contributed by atoms with Gasteiger partial charge in [0.2, 0.25) is 0 Å². The maximum Gasteiger partial charge on any atom is 0.416 e. The molecule has 1 saturated carbocycles. The summed E-state index contributed by atoms with van der Waals surface area (Å²) in [5.41, 5.74) is 5.97. The van der Waals surface area contributed by atoms with E-state index >= 15 is 0 Å². The Morgan fingerprint density at radius 3 is 2.13 bits per heavy atom. The van der Waals surface area contributed by atoms with E-state index in [1.165, 1.54) is 12.1 Å². The average molecular weight is 215 g/mol. The summed E-state index contributed by atoms with van der Waals surface area (Å²) in [6, 6.07) is 5.57. The predicted molar refractivity (Wildman–Crippen MR) is 51.2 cm³/mol. The maximum atomic E-state index is 12.2. The number of nitrogens with two attached hydrogens (primary N) is 1. The number of alkyl halides is 3. The number of hydrogen-bond donors (Lipinski definition) is 1. The Morgan fingerprint density at radius 2 is 1.73 bits per heavy atom. The molecule has 2 atom stereocenters. The SMILES string of the molecule is N[C@@H]1C[C@H]1Cc1ccc(C(F)(F)F)cc1. The number of rotatable bonds is 2. The molecule has 1 nitrogen and oxygen atoms in total. The first-order valence-corrected chi connectivity index (χ1v) is 4.88. The van der Waals surface area contributed by atoms with E-state index in [0.29, 0.717) is 5.92 Å². The van der Waals surface area contributed by atoms with Gasteiger partial charge in [-0.3, -0.25) is 0 Å². The van der Waals surface area contributed by atoms with Gasteiger partial charge in [-0.15, -0.1) is 0 Å². The van der Waals surface area contributed by atoms with Crippen LogP contribution in [0, 0.1) is 5.92 Å². The van der Waals surface area contributed by atoms with Crippen LogP contribution in [-0.4, -0.2) is 6.04 Å². The summed E-state index contributed by atoms with van der Waals surface area (Å²) in [5, 5.41) is 0. The van der Waals surface area contributed by atoms with Gasteiger partial charge < -0.3 is 5.73 Å². The zero-order valence-electron chi connectivity index (χ0n) is 8.09. The summed E-state index contributed by atoms with van der Waals surface area (Å²) in [7, 11) is 0. The van der Waals surface area contributed by atoms with E-state index in [4.69, 9.17) is 5.73 Å². The molecular weight excluding hydrogens is 203 g/mol. The van der Waals surface area contributed by atoms with Gasteiger partial charge in [-0.25, -0.2) is 0 Å². The van der Waals surface area contributed by atoms with Crippen LogP contribution in [0.15, 0.2) is 24.3 Å². The fraction of sp³-hybridized carbons (Fsp3) is 0.455. The highest BCUT2D eigenvalue weighted by atomic mass is 19.4. The number of hydrogen-bond acceptors (Lipinski definition) is 1. The molecule has 2 rings (SSSR count). The molecule has 1 aliphatic carbocycles. The Kier molecular flexibility index (Phi) is 2.46. The molecule has 0 amide bonds. The summed E-state index contributed by atoms with van der Waals surface area (Å²) in [4.78, 5) is 0. The molecule has 0 radical (unpaired) electrons. The molecule has 1 aromatic rings. The maximum absolute atomic E-state index is 12.2. The summed E-state index contributed by atoms with van der Waals surface area (Å²) in [6.07, 6.45) is -2.46. The lowest BCUT2D eigenvalue weighted by Crippen LogP contribution is -2.06. The molecule has 82 valence electrons. The predicted octanol–water partition coefficient (Wildman–Crippen LogP) is 2.60. The third kappa shape index (κ3) is 2.50. The highest BCUT2D eigenvalue weighted by Crippen LogP contribution is 2.33. The molecular formula is C11H12F3N. The Hall–Kier alpha value is -1.03.